The van der Waals surface area contributed by atoms with Gasteiger partial charge in [-0.25, -0.2) is 12.8 Å². The second-order valence-corrected chi connectivity index (χ2v) is 8.28. The Hall–Kier alpha value is -2.61. The zero-order valence-electron chi connectivity index (χ0n) is 15.6. The van der Waals surface area contributed by atoms with Gasteiger partial charge in [0, 0.05) is 7.05 Å². The molecule has 1 amide bonds. The van der Waals surface area contributed by atoms with E-state index in [0.717, 1.165) is 16.1 Å². The van der Waals surface area contributed by atoms with Crippen LogP contribution >= 0.6 is 0 Å². The molecule has 0 aliphatic rings. The Morgan fingerprint density at radius 3 is 2.15 bits per heavy atom. The third kappa shape index (κ3) is 5.68. The molecule has 0 bridgehead atoms. The van der Waals surface area contributed by atoms with Crippen LogP contribution in [0.25, 0.3) is 0 Å². The predicted molar refractivity (Wildman–Crippen MR) is 103 cm³/mol. The van der Waals surface area contributed by atoms with Crippen LogP contribution in [0.2, 0.25) is 0 Å². The van der Waals surface area contributed by atoms with Gasteiger partial charge in [0.15, 0.2) is 6.10 Å². The van der Waals surface area contributed by atoms with E-state index in [1.807, 2.05) is 0 Å². The van der Waals surface area contributed by atoms with E-state index < -0.39 is 16.1 Å². The molecule has 0 saturated carbocycles. The highest BCUT2D eigenvalue weighted by atomic mass is 32.2. The highest BCUT2D eigenvalue weighted by molar-refractivity contribution is 7.92. The quantitative estimate of drug-likeness (QED) is 0.784. The number of sulfonamides is 1. The van der Waals surface area contributed by atoms with Crippen LogP contribution in [-0.2, 0) is 14.8 Å². The molecule has 2 aromatic carbocycles. The number of benzene rings is 2. The van der Waals surface area contributed by atoms with E-state index in [2.05, 4.69) is 5.32 Å². The molecular formula is C19H23FN2O4S. The summed E-state index contributed by atoms with van der Waals surface area (Å²) in [5, 5.41) is 2.81. The molecular weight excluding hydrogens is 371 g/mol. The molecule has 8 heteroatoms. The number of nitrogens with zero attached hydrogens (tertiary/aromatic N) is 1. The van der Waals surface area contributed by atoms with E-state index in [9.17, 15) is 17.6 Å². The lowest BCUT2D eigenvalue weighted by Crippen LogP contribution is -2.37. The lowest BCUT2D eigenvalue weighted by molar-refractivity contribution is -0.127. The molecule has 146 valence electrons. The maximum Gasteiger partial charge on any atom is 0.261 e. The van der Waals surface area contributed by atoms with Crippen molar-refractivity contribution in [2.75, 3.05) is 17.6 Å². The van der Waals surface area contributed by atoms with Crippen molar-refractivity contribution in [1.82, 2.24) is 5.32 Å². The second-order valence-electron chi connectivity index (χ2n) is 6.27. The van der Waals surface area contributed by atoms with Gasteiger partial charge in [0.25, 0.3) is 5.91 Å². The van der Waals surface area contributed by atoms with Crippen molar-refractivity contribution >= 4 is 21.6 Å². The maximum atomic E-state index is 13.0. The van der Waals surface area contributed by atoms with Crippen LogP contribution < -0.4 is 14.4 Å². The van der Waals surface area contributed by atoms with E-state index >= 15 is 0 Å². The lowest BCUT2D eigenvalue weighted by Gasteiger charge is -2.20. The van der Waals surface area contributed by atoms with E-state index in [1.54, 1.807) is 50.2 Å². The summed E-state index contributed by atoms with van der Waals surface area (Å²) in [6.07, 6.45) is 0.359. The first kappa shape index (κ1) is 20.7. The van der Waals surface area contributed by atoms with Crippen LogP contribution in [-0.4, -0.2) is 33.7 Å². The Bertz CT molecular complexity index is 883. The number of hydrogen-bond donors (Lipinski definition) is 1. The van der Waals surface area contributed by atoms with Gasteiger partial charge in [0.1, 0.15) is 11.6 Å². The molecule has 0 aromatic heterocycles. The van der Waals surface area contributed by atoms with Crippen LogP contribution in [0.5, 0.6) is 5.75 Å². The maximum absolute atomic E-state index is 13.0. The molecule has 0 fully saturated rings. The Balaban J connectivity index is 1.96. The van der Waals surface area contributed by atoms with E-state index in [1.165, 1.54) is 19.2 Å². The third-order valence-corrected chi connectivity index (χ3v) is 5.31. The Labute approximate surface area is 159 Å². The van der Waals surface area contributed by atoms with Crippen molar-refractivity contribution in [1.29, 1.82) is 0 Å². The van der Waals surface area contributed by atoms with Gasteiger partial charge in [-0.05, 0) is 55.8 Å². The standard InChI is InChI=1S/C19H23FN2O4S/c1-13(15-5-7-16(20)8-6-15)21-19(23)14(2)26-18-11-9-17(10-12-18)22(3)27(4,24)25/h5-14H,1-4H3,(H,21,23)/t13-,14-/m0/s1. The van der Waals surface area contributed by atoms with Crippen LogP contribution in [0.4, 0.5) is 10.1 Å². The topological polar surface area (TPSA) is 75.7 Å². The molecule has 0 radical (unpaired) electrons. The molecule has 2 atom stereocenters. The van der Waals surface area contributed by atoms with Crippen molar-refractivity contribution in [2.45, 2.75) is 26.0 Å². The summed E-state index contributed by atoms with van der Waals surface area (Å²) in [6, 6.07) is 12.0. The Morgan fingerprint density at radius 1 is 1.07 bits per heavy atom. The van der Waals surface area contributed by atoms with Gasteiger partial charge in [-0.1, -0.05) is 12.1 Å². The molecule has 0 heterocycles. The fraction of sp³-hybridized carbons (Fsp3) is 0.316. The number of nitrogens with one attached hydrogen (secondary N) is 1. The number of hydrogen-bond acceptors (Lipinski definition) is 4. The summed E-state index contributed by atoms with van der Waals surface area (Å²) < 4.78 is 42.8. The number of carbonyl (C=O) groups is 1. The SMILES string of the molecule is C[C@H](Oc1ccc(N(C)S(C)(=O)=O)cc1)C(=O)N[C@@H](C)c1ccc(F)cc1. The third-order valence-electron chi connectivity index (χ3n) is 4.11. The van der Waals surface area contributed by atoms with Gasteiger partial charge in [0.2, 0.25) is 10.0 Å². The highest BCUT2D eigenvalue weighted by Crippen LogP contribution is 2.21. The number of amides is 1. The van der Waals surface area contributed by atoms with Crippen molar-refractivity contribution in [3.63, 3.8) is 0 Å². The van der Waals surface area contributed by atoms with E-state index in [0.29, 0.717) is 11.4 Å². The molecule has 6 nitrogen and oxygen atoms in total. The van der Waals surface area contributed by atoms with Crippen LogP contribution in [0, 0.1) is 5.82 Å². The average Bonchev–Trinajstić information content (AvgIpc) is 2.61. The normalized spacial score (nSPS) is 13.5. The first-order chi connectivity index (χ1) is 12.6. The van der Waals surface area contributed by atoms with Gasteiger partial charge < -0.3 is 10.1 Å². The van der Waals surface area contributed by atoms with Gasteiger partial charge in [-0.3, -0.25) is 9.10 Å². The van der Waals surface area contributed by atoms with Crippen LogP contribution in [0.3, 0.4) is 0 Å². The van der Waals surface area contributed by atoms with Crippen LogP contribution in [0.1, 0.15) is 25.5 Å². The Morgan fingerprint density at radius 2 is 1.63 bits per heavy atom. The van der Waals surface area contributed by atoms with Crippen molar-refractivity contribution in [3.05, 3.63) is 59.9 Å². The average molecular weight is 394 g/mol. The monoisotopic (exact) mass is 394 g/mol. The predicted octanol–water partition coefficient (Wildman–Crippen LogP) is 2.87. The summed E-state index contributed by atoms with van der Waals surface area (Å²) in [4.78, 5) is 12.3. The molecule has 0 aliphatic carbocycles. The van der Waals surface area contributed by atoms with Crippen molar-refractivity contribution in [2.24, 2.45) is 0 Å². The number of anilines is 1. The largest absolute Gasteiger partial charge is 0.481 e. The summed E-state index contributed by atoms with van der Waals surface area (Å²) in [5.41, 5.74) is 1.28. The molecule has 0 spiro atoms. The molecule has 0 aliphatic heterocycles. The van der Waals surface area contributed by atoms with E-state index in [-0.39, 0.29) is 17.8 Å². The van der Waals surface area contributed by atoms with Crippen LogP contribution in [0.15, 0.2) is 48.5 Å². The fourth-order valence-electron chi connectivity index (χ4n) is 2.35. The molecule has 2 aromatic rings. The molecule has 2 rings (SSSR count). The number of rotatable bonds is 7. The molecule has 0 unspecified atom stereocenters. The summed E-state index contributed by atoms with van der Waals surface area (Å²) in [6.45, 7) is 3.41. The molecule has 27 heavy (non-hydrogen) atoms. The Kier molecular flexibility index (Phi) is 6.43. The minimum atomic E-state index is -3.34. The minimum absolute atomic E-state index is 0.296. The number of ether oxygens (including phenoxy) is 1. The van der Waals surface area contributed by atoms with Gasteiger partial charge >= 0.3 is 0 Å². The lowest BCUT2D eigenvalue weighted by atomic mass is 10.1. The summed E-state index contributed by atoms with van der Waals surface area (Å²) in [5.74, 6) is -0.208. The smallest absolute Gasteiger partial charge is 0.261 e. The minimum Gasteiger partial charge on any atom is -0.481 e. The van der Waals surface area contributed by atoms with Crippen molar-refractivity contribution in [3.8, 4) is 5.75 Å². The highest BCUT2D eigenvalue weighted by Gasteiger charge is 2.18. The summed E-state index contributed by atoms with van der Waals surface area (Å²) in [7, 11) is -1.89. The number of carbonyl (C=O) groups excluding carboxylic acids is 1. The molecule has 1 N–H and O–H groups in total. The molecule has 0 saturated heterocycles. The summed E-state index contributed by atoms with van der Waals surface area (Å²) >= 11 is 0. The van der Waals surface area contributed by atoms with E-state index in [4.69, 9.17) is 4.74 Å². The first-order valence-electron chi connectivity index (χ1n) is 8.34. The van der Waals surface area contributed by atoms with Gasteiger partial charge in [0.05, 0.1) is 18.0 Å². The zero-order chi connectivity index (χ0) is 20.2. The first-order valence-corrected chi connectivity index (χ1v) is 10.2. The number of halogens is 1. The zero-order valence-corrected chi connectivity index (χ0v) is 16.5. The second kappa shape index (κ2) is 8.39. The van der Waals surface area contributed by atoms with Gasteiger partial charge in [-0.15, -0.1) is 0 Å². The fourth-order valence-corrected chi connectivity index (χ4v) is 2.85. The van der Waals surface area contributed by atoms with Crippen molar-refractivity contribution < 1.29 is 22.3 Å². The van der Waals surface area contributed by atoms with Gasteiger partial charge in [-0.2, -0.15) is 0 Å².